The summed E-state index contributed by atoms with van der Waals surface area (Å²) < 4.78 is 10.5. The van der Waals surface area contributed by atoms with Crippen LogP contribution >= 0.6 is 0 Å². The molecule has 0 aliphatic carbocycles. The smallest absolute Gasteiger partial charge is 0.263 e. The molecule has 116 valence electrons. The molecule has 0 fully saturated rings. The number of carbonyl (C=O) groups is 1. The highest BCUT2D eigenvalue weighted by molar-refractivity contribution is 6.08. The minimum Gasteiger partial charge on any atom is -0.496 e. The number of rotatable bonds is 5. The van der Waals surface area contributed by atoms with E-state index in [0.717, 1.165) is 5.56 Å². The molecule has 5 heteroatoms. The van der Waals surface area contributed by atoms with Gasteiger partial charge in [-0.3, -0.25) is 4.79 Å². The Labute approximate surface area is 130 Å². The van der Waals surface area contributed by atoms with E-state index in [1.54, 1.807) is 18.2 Å². The lowest BCUT2D eigenvalue weighted by molar-refractivity contribution is 0.102. The van der Waals surface area contributed by atoms with Gasteiger partial charge in [0.2, 0.25) is 0 Å². The van der Waals surface area contributed by atoms with E-state index in [9.17, 15) is 4.79 Å². The van der Waals surface area contributed by atoms with E-state index in [4.69, 9.17) is 15.2 Å². The van der Waals surface area contributed by atoms with Crippen molar-refractivity contribution in [1.29, 1.82) is 0 Å². The highest BCUT2D eigenvalue weighted by Gasteiger charge is 2.18. The molecule has 5 nitrogen and oxygen atoms in total. The minimum absolute atomic E-state index is 0.0425. The first-order chi connectivity index (χ1) is 10.6. The molecule has 22 heavy (non-hydrogen) atoms. The third kappa shape index (κ3) is 3.38. The molecule has 0 bridgehead atoms. The molecular formula is C17H20N2O3. The van der Waals surface area contributed by atoms with Crippen LogP contribution in [0.3, 0.4) is 0 Å². The molecule has 1 unspecified atom stereocenters. The zero-order valence-electron chi connectivity index (χ0n) is 12.9. The van der Waals surface area contributed by atoms with Gasteiger partial charge in [0.15, 0.2) is 0 Å². The number of methoxy groups -OCH3 is 2. The third-order valence-corrected chi connectivity index (χ3v) is 3.35. The van der Waals surface area contributed by atoms with E-state index in [0.29, 0.717) is 22.7 Å². The molecular weight excluding hydrogens is 280 g/mol. The van der Waals surface area contributed by atoms with Crippen molar-refractivity contribution < 1.29 is 14.3 Å². The molecule has 2 rings (SSSR count). The van der Waals surface area contributed by atoms with Crippen molar-refractivity contribution in [3.8, 4) is 11.5 Å². The lowest BCUT2D eigenvalue weighted by Gasteiger charge is -2.13. The van der Waals surface area contributed by atoms with Crippen molar-refractivity contribution in [2.24, 2.45) is 5.73 Å². The fourth-order valence-corrected chi connectivity index (χ4v) is 2.14. The van der Waals surface area contributed by atoms with E-state index >= 15 is 0 Å². The molecule has 2 aromatic carbocycles. The SMILES string of the molecule is COc1cccc(OC)c1C(=O)Nc1ccc(C(C)N)cc1. The van der Waals surface area contributed by atoms with Crippen molar-refractivity contribution >= 4 is 11.6 Å². The Kier molecular flexibility index (Phi) is 5.01. The van der Waals surface area contributed by atoms with Crippen LogP contribution in [0.25, 0.3) is 0 Å². The van der Waals surface area contributed by atoms with E-state index in [1.807, 2.05) is 31.2 Å². The van der Waals surface area contributed by atoms with Gasteiger partial charge in [-0.15, -0.1) is 0 Å². The van der Waals surface area contributed by atoms with Crippen LogP contribution in [0, 0.1) is 0 Å². The number of hydrogen-bond donors (Lipinski definition) is 2. The molecule has 0 aromatic heterocycles. The van der Waals surface area contributed by atoms with Crippen molar-refractivity contribution in [1.82, 2.24) is 0 Å². The van der Waals surface area contributed by atoms with E-state index in [2.05, 4.69) is 5.32 Å². The molecule has 0 aliphatic heterocycles. The largest absolute Gasteiger partial charge is 0.496 e. The van der Waals surface area contributed by atoms with Gasteiger partial charge >= 0.3 is 0 Å². The van der Waals surface area contributed by atoms with Crippen LogP contribution in [0.5, 0.6) is 11.5 Å². The van der Waals surface area contributed by atoms with Gasteiger partial charge in [-0.2, -0.15) is 0 Å². The molecule has 2 aromatic rings. The number of ether oxygens (including phenoxy) is 2. The number of carbonyl (C=O) groups excluding carboxylic acids is 1. The standard InChI is InChI=1S/C17H20N2O3/c1-11(18)12-7-9-13(10-8-12)19-17(20)16-14(21-2)5-4-6-15(16)22-3/h4-11H,18H2,1-3H3,(H,19,20). The lowest BCUT2D eigenvalue weighted by atomic mass is 10.1. The van der Waals surface area contributed by atoms with Crippen molar-refractivity contribution in [2.75, 3.05) is 19.5 Å². The van der Waals surface area contributed by atoms with E-state index < -0.39 is 0 Å². The number of nitrogens with one attached hydrogen (secondary N) is 1. The summed E-state index contributed by atoms with van der Waals surface area (Å²) in [5.74, 6) is 0.635. The van der Waals surface area contributed by atoms with E-state index in [-0.39, 0.29) is 11.9 Å². The van der Waals surface area contributed by atoms with Gasteiger partial charge in [-0.25, -0.2) is 0 Å². The van der Waals surface area contributed by atoms with Crippen LogP contribution in [-0.4, -0.2) is 20.1 Å². The minimum atomic E-state index is -0.289. The molecule has 0 spiro atoms. The number of hydrogen-bond acceptors (Lipinski definition) is 4. The zero-order chi connectivity index (χ0) is 16.1. The van der Waals surface area contributed by atoms with Crippen LogP contribution < -0.4 is 20.5 Å². The van der Waals surface area contributed by atoms with Gasteiger partial charge < -0.3 is 20.5 Å². The number of benzene rings is 2. The van der Waals surface area contributed by atoms with Crippen LogP contribution in [0.15, 0.2) is 42.5 Å². The fraction of sp³-hybridized carbons (Fsp3) is 0.235. The molecule has 0 aliphatic rings. The third-order valence-electron chi connectivity index (χ3n) is 3.35. The van der Waals surface area contributed by atoms with Crippen LogP contribution in [-0.2, 0) is 0 Å². The van der Waals surface area contributed by atoms with Crippen molar-refractivity contribution in [3.63, 3.8) is 0 Å². The summed E-state index contributed by atoms with van der Waals surface area (Å²) in [6, 6.07) is 12.6. The first kappa shape index (κ1) is 15.9. The maximum absolute atomic E-state index is 12.5. The summed E-state index contributed by atoms with van der Waals surface area (Å²) in [5, 5.41) is 2.83. The summed E-state index contributed by atoms with van der Waals surface area (Å²) in [6.07, 6.45) is 0. The Morgan fingerprint density at radius 2 is 1.59 bits per heavy atom. The highest BCUT2D eigenvalue weighted by Crippen LogP contribution is 2.29. The molecule has 0 heterocycles. The Balaban J connectivity index is 2.25. The highest BCUT2D eigenvalue weighted by atomic mass is 16.5. The molecule has 0 radical (unpaired) electrons. The molecule has 0 saturated heterocycles. The Hall–Kier alpha value is -2.53. The zero-order valence-corrected chi connectivity index (χ0v) is 12.9. The predicted molar refractivity (Wildman–Crippen MR) is 86.5 cm³/mol. The maximum atomic E-state index is 12.5. The first-order valence-corrected chi connectivity index (χ1v) is 6.94. The first-order valence-electron chi connectivity index (χ1n) is 6.94. The Morgan fingerprint density at radius 1 is 1.05 bits per heavy atom. The molecule has 3 N–H and O–H groups in total. The van der Waals surface area contributed by atoms with Gasteiger partial charge in [0.25, 0.3) is 5.91 Å². The summed E-state index contributed by atoms with van der Waals surface area (Å²) in [6.45, 7) is 1.91. The fourth-order valence-electron chi connectivity index (χ4n) is 2.14. The molecule has 1 atom stereocenters. The second-order valence-corrected chi connectivity index (χ2v) is 4.90. The lowest BCUT2D eigenvalue weighted by Crippen LogP contribution is -2.14. The predicted octanol–water partition coefficient (Wildman–Crippen LogP) is 2.98. The van der Waals surface area contributed by atoms with E-state index in [1.165, 1.54) is 14.2 Å². The summed E-state index contributed by atoms with van der Waals surface area (Å²) >= 11 is 0. The molecule has 1 amide bonds. The van der Waals surface area contributed by atoms with Gasteiger partial charge in [0.05, 0.1) is 14.2 Å². The van der Waals surface area contributed by atoms with Gasteiger partial charge in [-0.1, -0.05) is 18.2 Å². The van der Waals surface area contributed by atoms with Crippen LogP contribution in [0.1, 0.15) is 28.9 Å². The Bertz CT molecular complexity index is 629. The van der Waals surface area contributed by atoms with Crippen LogP contribution in [0.2, 0.25) is 0 Å². The topological polar surface area (TPSA) is 73.6 Å². The van der Waals surface area contributed by atoms with Crippen LogP contribution in [0.4, 0.5) is 5.69 Å². The summed E-state index contributed by atoms with van der Waals surface area (Å²) in [5.41, 5.74) is 7.87. The monoisotopic (exact) mass is 300 g/mol. The average molecular weight is 300 g/mol. The normalized spacial score (nSPS) is 11.6. The maximum Gasteiger partial charge on any atom is 0.263 e. The second-order valence-electron chi connectivity index (χ2n) is 4.90. The van der Waals surface area contributed by atoms with Crippen molar-refractivity contribution in [2.45, 2.75) is 13.0 Å². The van der Waals surface area contributed by atoms with Gasteiger partial charge in [0.1, 0.15) is 17.1 Å². The molecule has 0 saturated carbocycles. The summed E-state index contributed by atoms with van der Waals surface area (Å²) in [4.78, 5) is 12.5. The average Bonchev–Trinajstić information content (AvgIpc) is 2.54. The Morgan fingerprint density at radius 3 is 2.05 bits per heavy atom. The number of anilines is 1. The summed E-state index contributed by atoms with van der Waals surface area (Å²) in [7, 11) is 3.03. The quantitative estimate of drug-likeness (QED) is 0.890. The van der Waals surface area contributed by atoms with Crippen molar-refractivity contribution in [3.05, 3.63) is 53.6 Å². The number of amides is 1. The van der Waals surface area contributed by atoms with Gasteiger partial charge in [-0.05, 0) is 36.8 Å². The van der Waals surface area contributed by atoms with Gasteiger partial charge in [0, 0.05) is 11.7 Å². The number of nitrogens with two attached hydrogens (primary N) is 1. The second kappa shape index (κ2) is 6.95.